The van der Waals surface area contributed by atoms with Gasteiger partial charge in [-0.2, -0.15) is 4.31 Å². The van der Waals surface area contributed by atoms with Crippen molar-refractivity contribution in [3.63, 3.8) is 0 Å². The molecule has 1 aromatic carbocycles. The first-order chi connectivity index (χ1) is 9.77. The molecule has 2 unspecified atom stereocenters. The average Bonchev–Trinajstić information content (AvgIpc) is 2.88. The molecule has 2 N–H and O–H groups in total. The van der Waals surface area contributed by atoms with E-state index in [1.165, 1.54) is 17.5 Å². The minimum absolute atomic E-state index is 0. The van der Waals surface area contributed by atoms with Crippen LogP contribution in [0.1, 0.15) is 13.3 Å². The first-order valence-corrected chi connectivity index (χ1v) is 9.17. The smallest absolute Gasteiger partial charge is 0.246 e. The van der Waals surface area contributed by atoms with Crippen molar-refractivity contribution in [2.45, 2.75) is 24.3 Å². The maximum Gasteiger partial charge on any atom is 0.246 e. The maximum atomic E-state index is 12.8. The summed E-state index contributed by atoms with van der Waals surface area (Å²) in [5.74, 6) is 0.442. The van der Waals surface area contributed by atoms with Crippen LogP contribution in [0.25, 0.3) is 0 Å². The molecule has 22 heavy (non-hydrogen) atoms. The largest absolute Gasteiger partial charge is 0.494 e. The fraction of sp³-hybridized carbons (Fsp3) is 0.538. The first kappa shape index (κ1) is 20.0. The average molecular weight is 434 g/mol. The van der Waals surface area contributed by atoms with Gasteiger partial charge >= 0.3 is 0 Å². The first-order valence-electron chi connectivity index (χ1n) is 6.56. The molecule has 0 saturated carbocycles. The lowest BCUT2D eigenvalue weighted by molar-refractivity contribution is 0.393. The Balaban J connectivity index is 0.00000242. The number of methoxy groups -OCH3 is 1. The van der Waals surface area contributed by atoms with Crippen LogP contribution in [0.3, 0.4) is 0 Å². The Morgan fingerprint density at radius 1 is 1.50 bits per heavy atom. The molecule has 1 aliphatic heterocycles. The molecule has 1 fully saturated rings. The van der Waals surface area contributed by atoms with E-state index in [1.807, 2.05) is 6.92 Å². The van der Waals surface area contributed by atoms with Crippen LogP contribution in [-0.4, -0.2) is 39.0 Å². The van der Waals surface area contributed by atoms with Crippen molar-refractivity contribution in [1.82, 2.24) is 4.31 Å². The van der Waals surface area contributed by atoms with E-state index >= 15 is 0 Å². The monoisotopic (exact) mass is 432 g/mol. The second-order valence-corrected chi connectivity index (χ2v) is 8.39. The lowest BCUT2D eigenvalue weighted by Crippen LogP contribution is -2.33. The number of benzene rings is 1. The number of rotatable bonds is 4. The third-order valence-electron chi connectivity index (χ3n) is 3.73. The second kappa shape index (κ2) is 7.68. The highest BCUT2D eigenvalue weighted by Crippen LogP contribution is 2.38. The van der Waals surface area contributed by atoms with E-state index in [-0.39, 0.29) is 35.0 Å². The van der Waals surface area contributed by atoms with E-state index in [0.29, 0.717) is 22.6 Å². The molecule has 9 heteroatoms. The summed E-state index contributed by atoms with van der Waals surface area (Å²) in [6.07, 6.45) is 0.765. The summed E-state index contributed by atoms with van der Waals surface area (Å²) in [7, 11) is -2.22. The van der Waals surface area contributed by atoms with Crippen molar-refractivity contribution in [3.05, 3.63) is 21.6 Å². The van der Waals surface area contributed by atoms with Crippen LogP contribution < -0.4 is 10.5 Å². The fourth-order valence-corrected chi connectivity index (χ4v) is 5.35. The lowest BCUT2D eigenvalue weighted by atomic mass is 10.0. The molecule has 1 saturated heterocycles. The normalized spacial score (nSPS) is 20.5. The highest BCUT2D eigenvalue weighted by Gasteiger charge is 2.36. The SMILES string of the molecule is COc1c(Br)cc(Cl)cc1S(=O)(=O)N1CCC(C(C)N)C1.Cl. The van der Waals surface area contributed by atoms with Crippen LogP contribution in [0.2, 0.25) is 5.02 Å². The predicted molar refractivity (Wildman–Crippen MR) is 93.5 cm³/mol. The van der Waals surface area contributed by atoms with Gasteiger partial charge in [0.2, 0.25) is 10.0 Å². The predicted octanol–water partition coefficient (Wildman–Crippen LogP) is 2.89. The molecular weight excluding hydrogens is 415 g/mol. The van der Waals surface area contributed by atoms with E-state index in [4.69, 9.17) is 22.1 Å². The number of ether oxygens (including phenoxy) is 1. The number of sulfonamides is 1. The highest BCUT2D eigenvalue weighted by molar-refractivity contribution is 9.10. The van der Waals surface area contributed by atoms with Crippen LogP contribution in [0.4, 0.5) is 0 Å². The lowest BCUT2D eigenvalue weighted by Gasteiger charge is -2.20. The van der Waals surface area contributed by atoms with Crippen molar-refractivity contribution >= 4 is 50.0 Å². The molecule has 0 amide bonds. The molecule has 1 aliphatic rings. The van der Waals surface area contributed by atoms with Gasteiger partial charge in [0.05, 0.1) is 11.6 Å². The standard InChI is InChI=1S/C13H18BrClN2O3S.ClH/c1-8(16)9-3-4-17(7-9)21(18,19)12-6-10(15)5-11(14)13(12)20-2;/h5-6,8-9H,3-4,7,16H2,1-2H3;1H. The topological polar surface area (TPSA) is 72.6 Å². The van der Waals surface area contributed by atoms with Crippen molar-refractivity contribution in [2.75, 3.05) is 20.2 Å². The van der Waals surface area contributed by atoms with Crippen molar-refractivity contribution < 1.29 is 13.2 Å². The summed E-state index contributed by atoms with van der Waals surface area (Å²) in [6.45, 7) is 2.78. The van der Waals surface area contributed by atoms with Gasteiger partial charge in [0.1, 0.15) is 4.90 Å². The number of halogens is 3. The molecule has 1 aromatic rings. The number of hydrogen-bond donors (Lipinski definition) is 1. The van der Waals surface area contributed by atoms with Gasteiger partial charge in [-0.15, -0.1) is 12.4 Å². The van der Waals surface area contributed by atoms with Crippen molar-refractivity contribution in [1.29, 1.82) is 0 Å². The summed E-state index contributed by atoms with van der Waals surface area (Å²) >= 11 is 9.26. The van der Waals surface area contributed by atoms with E-state index in [0.717, 1.165) is 6.42 Å². The molecule has 0 aromatic heterocycles. The Hall–Kier alpha value is -0.0500. The zero-order valence-electron chi connectivity index (χ0n) is 12.3. The summed E-state index contributed by atoms with van der Waals surface area (Å²) in [5.41, 5.74) is 5.87. The fourth-order valence-electron chi connectivity index (χ4n) is 2.47. The molecule has 0 radical (unpaired) electrons. The van der Waals surface area contributed by atoms with Crippen molar-refractivity contribution in [3.8, 4) is 5.75 Å². The summed E-state index contributed by atoms with van der Waals surface area (Å²) in [4.78, 5) is 0.0784. The summed E-state index contributed by atoms with van der Waals surface area (Å²) in [5, 5.41) is 0.337. The minimum atomic E-state index is -3.65. The van der Waals surface area contributed by atoms with Gasteiger partial charge in [-0.3, -0.25) is 0 Å². The quantitative estimate of drug-likeness (QED) is 0.792. The van der Waals surface area contributed by atoms with Crippen LogP contribution in [0.15, 0.2) is 21.5 Å². The summed E-state index contributed by atoms with van der Waals surface area (Å²) in [6, 6.07) is 2.99. The van der Waals surface area contributed by atoms with E-state index in [1.54, 1.807) is 6.07 Å². The summed E-state index contributed by atoms with van der Waals surface area (Å²) < 4.78 is 32.8. The third kappa shape index (κ3) is 3.88. The van der Waals surface area contributed by atoms with Gasteiger partial charge in [-0.05, 0) is 47.3 Å². The van der Waals surface area contributed by atoms with Gasteiger partial charge in [-0.25, -0.2) is 8.42 Å². The molecule has 0 spiro atoms. The number of nitrogens with two attached hydrogens (primary N) is 1. The van der Waals surface area contributed by atoms with Crippen LogP contribution >= 0.6 is 39.9 Å². The van der Waals surface area contributed by atoms with Gasteiger partial charge in [0, 0.05) is 24.2 Å². The Bertz CT molecular complexity index is 640. The molecule has 5 nitrogen and oxygen atoms in total. The maximum absolute atomic E-state index is 12.8. The molecule has 0 bridgehead atoms. The molecule has 126 valence electrons. The van der Waals surface area contributed by atoms with Crippen LogP contribution in [0, 0.1) is 5.92 Å². The zero-order valence-corrected chi connectivity index (χ0v) is 16.2. The third-order valence-corrected chi connectivity index (χ3v) is 6.41. The second-order valence-electron chi connectivity index (χ2n) is 5.19. The Morgan fingerprint density at radius 3 is 2.64 bits per heavy atom. The number of nitrogens with zero attached hydrogens (tertiary/aromatic N) is 1. The van der Waals surface area contributed by atoms with Gasteiger partial charge in [0.25, 0.3) is 0 Å². The molecule has 2 atom stereocenters. The molecular formula is C13H19BrCl2N2O3S. The Kier molecular flexibility index (Phi) is 6.98. The molecule has 1 heterocycles. The van der Waals surface area contributed by atoms with Gasteiger partial charge < -0.3 is 10.5 Å². The van der Waals surface area contributed by atoms with Crippen molar-refractivity contribution in [2.24, 2.45) is 11.7 Å². The Morgan fingerprint density at radius 2 is 2.14 bits per heavy atom. The van der Waals surface area contributed by atoms with E-state index < -0.39 is 10.0 Å². The number of hydrogen-bond acceptors (Lipinski definition) is 4. The minimum Gasteiger partial charge on any atom is -0.494 e. The van der Waals surface area contributed by atoms with E-state index in [2.05, 4.69) is 15.9 Å². The van der Waals surface area contributed by atoms with E-state index in [9.17, 15) is 8.42 Å². The van der Waals surface area contributed by atoms with Crippen LogP contribution in [0.5, 0.6) is 5.75 Å². The molecule has 2 rings (SSSR count). The molecule has 0 aliphatic carbocycles. The zero-order chi connectivity index (χ0) is 15.8. The van der Waals surface area contributed by atoms with Crippen LogP contribution in [-0.2, 0) is 10.0 Å². The van der Waals surface area contributed by atoms with Gasteiger partial charge in [-0.1, -0.05) is 11.6 Å². The Labute approximate surface area is 150 Å². The highest BCUT2D eigenvalue weighted by atomic mass is 79.9. The van der Waals surface area contributed by atoms with Gasteiger partial charge in [0.15, 0.2) is 5.75 Å².